The zero-order chi connectivity index (χ0) is 17.4. The van der Waals surface area contributed by atoms with Crippen molar-refractivity contribution in [1.82, 2.24) is 10.2 Å². The largest absolute Gasteiger partial charge is 0.497 e. The number of benzene rings is 1. The van der Waals surface area contributed by atoms with Crippen LogP contribution in [0, 0.1) is 5.92 Å². The Bertz CT molecular complexity index is 530. The van der Waals surface area contributed by atoms with Crippen molar-refractivity contribution in [2.24, 2.45) is 10.9 Å². The van der Waals surface area contributed by atoms with Crippen LogP contribution in [-0.4, -0.2) is 63.0 Å². The van der Waals surface area contributed by atoms with Crippen molar-refractivity contribution in [2.45, 2.75) is 19.4 Å². The maximum atomic E-state index is 10.4. The SMILES string of the molecule is CCNC(=NCC(O)c1cccc(OC)c1)N(C)CC1CCOC1. The second-order valence-electron chi connectivity index (χ2n) is 6.10. The van der Waals surface area contributed by atoms with Crippen LogP contribution in [0.15, 0.2) is 29.3 Å². The van der Waals surface area contributed by atoms with E-state index in [-0.39, 0.29) is 0 Å². The molecule has 1 aliphatic heterocycles. The maximum Gasteiger partial charge on any atom is 0.193 e. The molecule has 1 aliphatic rings. The van der Waals surface area contributed by atoms with Crippen LogP contribution in [0.1, 0.15) is 25.0 Å². The van der Waals surface area contributed by atoms with Gasteiger partial charge in [-0.2, -0.15) is 0 Å². The van der Waals surface area contributed by atoms with Crippen molar-refractivity contribution >= 4 is 5.96 Å². The van der Waals surface area contributed by atoms with Gasteiger partial charge in [-0.05, 0) is 31.0 Å². The summed E-state index contributed by atoms with van der Waals surface area (Å²) in [6.07, 6.45) is 0.438. The minimum absolute atomic E-state index is 0.307. The smallest absolute Gasteiger partial charge is 0.193 e. The van der Waals surface area contributed by atoms with Gasteiger partial charge in [0.25, 0.3) is 0 Å². The average Bonchev–Trinajstić information content (AvgIpc) is 3.11. The molecule has 2 N–H and O–H groups in total. The Morgan fingerprint density at radius 1 is 1.54 bits per heavy atom. The second-order valence-corrected chi connectivity index (χ2v) is 6.10. The summed E-state index contributed by atoms with van der Waals surface area (Å²) in [5, 5.41) is 13.7. The van der Waals surface area contributed by atoms with E-state index in [4.69, 9.17) is 9.47 Å². The fourth-order valence-electron chi connectivity index (χ4n) is 2.80. The zero-order valence-electron chi connectivity index (χ0n) is 14.9. The number of hydrogen-bond acceptors (Lipinski definition) is 4. The first-order valence-electron chi connectivity index (χ1n) is 8.53. The average molecular weight is 335 g/mol. The standard InChI is InChI=1S/C18H29N3O3/c1-4-19-18(21(2)12-14-8-9-24-13-14)20-11-17(22)15-6-5-7-16(10-15)23-3/h5-7,10,14,17,22H,4,8-9,11-13H2,1-3H3,(H,19,20). The predicted molar refractivity (Wildman–Crippen MR) is 95.5 cm³/mol. The van der Waals surface area contributed by atoms with Crippen LogP contribution in [0.3, 0.4) is 0 Å². The summed E-state index contributed by atoms with van der Waals surface area (Å²) in [5.74, 6) is 2.09. The van der Waals surface area contributed by atoms with Gasteiger partial charge in [-0.15, -0.1) is 0 Å². The van der Waals surface area contributed by atoms with E-state index < -0.39 is 6.10 Å². The monoisotopic (exact) mass is 335 g/mol. The van der Waals surface area contributed by atoms with Gasteiger partial charge in [-0.1, -0.05) is 12.1 Å². The van der Waals surface area contributed by atoms with Crippen molar-refractivity contribution in [2.75, 3.05) is 47.0 Å². The summed E-state index contributed by atoms with van der Waals surface area (Å²) in [7, 11) is 3.65. The van der Waals surface area contributed by atoms with Crippen LogP contribution in [0.4, 0.5) is 0 Å². The lowest BCUT2D eigenvalue weighted by Crippen LogP contribution is -2.41. The number of ether oxygens (including phenoxy) is 2. The minimum Gasteiger partial charge on any atom is -0.497 e. The second kappa shape index (κ2) is 9.49. The maximum absolute atomic E-state index is 10.4. The summed E-state index contributed by atoms with van der Waals surface area (Å²) in [6, 6.07) is 7.46. The van der Waals surface area contributed by atoms with Gasteiger partial charge in [0.2, 0.25) is 0 Å². The Morgan fingerprint density at radius 2 is 2.38 bits per heavy atom. The minimum atomic E-state index is -0.656. The number of rotatable bonds is 7. The molecule has 1 saturated heterocycles. The summed E-state index contributed by atoms with van der Waals surface area (Å²) < 4.78 is 10.6. The Hall–Kier alpha value is -1.79. The number of guanidine groups is 1. The van der Waals surface area contributed by atoms with Gasteiger partial charge < -0.3 is 24.8 Å². The van der Waals surface area contributed by atoms with Crippen molar-refractivity contribution in [3.8, 4) is 5.75 Å². The molecule has 6 heteroatoms. The summed E-state index contributed by atoms with van der Waals surface area (Å²) >= 11 is 0. The molecule has 1 aromatic carbocycles. The molecule has 6 nitrogen and oxygen atoms in total. The first kappa shape index (κ1) is 18.5. The fourth-order valence-corrected chi connectivity index (χ4v) is 2.80. The highest BCUT2D eigenvalue weighted by molar-refractivity contribution is 5.79. The number of hydrogen-bond donors (Lipinski definition) is 2. The molecule has 0 aliphatic carbocycles. The number of methoxy groups -OCH3 is 1. The van der Waals surface area contributed by atoms with Crippen molar-refractivity contribution in [3.63, 3.8) is 0 Å². The topological polar surface area (TPSA) is 66.3 Å². The zero-order valence-corrected chi connectivity index (χ0v) is 14.9. The van der Waals surface area contributed by atoms with Crippen LogP contribution in [-0.2, 0) is 4.74 Å². The van der Waals surface area contributed by atoms with Gasteiger partial charge in [0.15, 0.2) is 5.96 Å². The van der Waals surface area contributed by atoms with Gasteiger partial charge in [0.05, 0.1) is 26.4 Å². The van der Waals surface area contributed by atoms with Gasteiger partial charge in [-0.25, -0.2) is 0 Å². The lowest BCUT2D eigenvalue weighted by Gasteiger charge is -2.25. The Morgan fingerprint density at radius 3 is 3.04 bits per heavy atom. The quantitative estimate of drug-likeness (QED) is 0.586. The number of nitrogens with one attached hydrogen (secondary N) is 1. The normalized spacial score (nSPS) is 19.2. The Kier molecular flexibility index (Phi) is 7.34. The molecule has 1 aromatic rings. The number of aliphatic imine (C=N–C) groups is 1. The van der Waals surface area contributed by atoms with E-state index in [1.165, 1.54) is 0 Å². The molecule has 0 aromatic heterocycles. The molecule has 2 rings (SSSR count). The summed E-state index contributed by atoms with van der Waals surface area (Å²) in [4.78, 5) is 6.70. The highest BCUT2D eigenvalue weighted by Crippen LogP contribution is 2.19. The third-order valence-electron chi connectivity index (χ3n) is 4.15. The molecule has 0 amide bonds. The molecular weight excluding hydrogens is 306 g/mol. The molecule has 0 spiro atoms. The molecule has 1 fully saturated rings. The van der Waals surface area contributed by atoms with Crippen LogP contribution in [0.2, 0.25) is 0 Å². The number of nitrogens with zero attached hydrogens (tertiary/aromatic N) is 2. The van der Waals surface area contributed by atoms with Crippen LogP contribution in [0.25, 0.3) is 0 Å². The molecule has 24 heavy (non-hydrogen) atoms. The third-order valence-corrected chi connectivity index (χ3v) is 4.15. The van der Waals surface area contributed by atoms with Gasteiger partial charge in [-0.3, -0.25) is 4.99 Å². The van der Waals surface area contributed by atoms with Gasteiger partial charge in [0, 0.05) is 32.7 Å². The molecule has 2 atom stereocenters. The molecule has 2 unspecified atom stereocenters. The van der Waals surface area contributed by atoms with E-state index in [9.17, 15) is 5.11 Å². The van der Waals surface area contributed by atoms with Crippen LogP contribution < -0.4 is 10.1 Å². The van der Waals surface area contributed by atoms with Crippen LogP contribution in [0.5, 0.6) is 5.75 Å². The molecule has 0 radical (unpaired) electrons. The number of aliphatic hydroxyl groups is 1. The fraction of sp³-hybridized carbons (Fsp3) is 0.611. The highest BCUT2D eigenvalue weighted by atomic mass is 16.5. The van der Waals surface area contributed by atoms with E-state index in [0.717, 1.165) is 50.0 Å². The van der Waals surface area contributed by atoms with E-state index in [1.54, 1.807) is 7.11 Å². The van der Waals surface area contributed by atoms with Crippen molar-refractivity contribution in [1.29, 1.82) is 0 Å². The highest BCUT2D eigenvalue weighted by Gasteiger charge is 2.19. The van der Waals surface area contributed by atoms with E-state index in [1.807, 2.05) is 38.2 Å². The molecule has 0 saturated carbocycles. The number of aliphatic hydroxyl groups excluding tert-OH is 1. The van der Waals surface area contributed by atoms with E-state index >= 15 is 0 Å². The summed E-state index contributed by atoms with van der Waals surface area (Å²) in [5.41, 5.74) is 0.806. The Labute approximate surface area is 144 Å². The molecule has 134 valence electrons. The van der Waals surface area contributed by atoms with Crippen LogP contribution >= 0.6 is 0 Å². The lowest BCUT2D eigenvalue weighted by atomic mass is 10.1. The summed E-state index contributed by atoms with van der Waals surface area (Å²) in [6.45, 7) is 5.71. The van der Waals surface area contributed by atoms with E-state index in [0.29, 0.717) is 12.5 Å². The molecule has 0 bridgehead atoms. The lowest BCUT2D eigenvalue weighted by molar-refractivity contribution is 0.180. The van der Waals surface area contributed by atoms with Crippen molar-refractivity contribution in [3.05, 3.63) is 29.8 Å². The van der Waals surface area contributed by atoms with Crippen molar-refractivity contribution < 1.29 is 14.6 Å². The van der Waals surface area contributed by atoms with Gasteiger partial charge in [0.1, 0.15) is 5.75 Å². The predicted octanol–water partition coefficient (Wildman–Crippen LogP) is 1.66. The molecular formula is C18H29N3O3. The Balaban J connectivity index is 1.97. The van der Waals surface area contributed by atoms with Gasteiger partial charge >= 0.3 is 0 Å². The first-order chi connectivity index (χ1) is 11.6. The third kappa shape index (κ3) is 5.39. The molecule has 1 heterocycles. The van der Waals surface area contributed by atoms with E-state index in [2.05, 4.69) is 15.2 Å². The first-order valence-corrected chi connectivity index (χ1v) is 8.53.